The molecule has 0 atom stereocenters. The Morgan fingerprint density at radius 3 is 2.54 bits per heavy atom. The number of fused-ring (bicyclic) bond motifs is 1. The fourth-order valence-corrected chi connectivity index (χ4v) is 3.16. The van der Waals surface area contributed by atoms with Crippen molar-refractivity contribution in [2.45, 2.75) is 13.8 Å². The second-order valence-corrected chi connectivity index (χ2v) is 6.23. The van der Waals surface area contributed by atoms with Gasteiger partial charge in [0.05, 0.1) is 6.61 Å². The molecule has 3 rings (SSSR count). The summed E-state index contributed by atoms with van der Waals surface area (Å²) >= 11 is 6.02. The number of hydrogen-bond acceptors (Lipinski definition) is 3. The molecule has 0 saturated carbocycles. The number of ether oxygens (including phenoxy) is 1. The number of hydrogen-bond donors (Lipinski definition) is 1. The van der Waals surface area contributed by atoms with E-state index in [1.807, 2.05) is 25.1 Å². The van der Waals surface area contributed by atoms with Crippen molar-refractivity contribution in [3.63, 3.8) is 0 Å². The topological polar surface area (TPSA) is 65.6 Å². The quantitative estimate of drug-likeness (QED) is 0.906. The molecule has 1 fully saturated rings. The van der Waals surface area contributed by atoms with Crippen molar-refractivity contribution in [1.29, 1.82) is 0 Å². The highest BCUT2D eigenvalue weighted by molar-refractivity contribution is 6.31. The zero-order chi connectivity index (χ0) is 17.3. The van der Waals surface area contributed by atoms with Crippen LogP contribution in [0.25, 0.3) is 10.9 Å². The SMILES string of the molecule is CCOC(=O)N1CCN(C(=O)c2[nH]c3cc(Cl)ccc3c2C)CC1. The van der Waals surface area contributed by atoms with E-state index in [9.17, 15) is 9.59 Å². The minimum Gasteiger partial charge on any atom is -0.450 e. The van der Waals surface area contributed by atoms with Crippen LogP contribution < -0.4 is 0 Å². The second-order valence-electron chi connectivity index (χ2n) is 5.79. The second kappa shape index (κ2) is 6.73. The van der Waals surface area contributed by atoms with Gasteiger partial charge in [-0.05, 0) is 31.5 Å². The smallest absolute Gasteiger partial charge is 0.409 e. The van der Waals surface area contributed by atoms with Crippen LogP contribution >= 0.6 is 11.6 Å². The molecule has 1 saturated heterocycles. The van der Waals surface area contributed by atoms with Gasteiger partial charge in [-0.25, -0.2) is 4.79 Å². The first-order chi connectivity index (χ1) is 11.5. The monoisotopic (exact) mass is 349 g/mol. The number of nitrogens with zero attached hydrogens (tertiary/aromatic N) is 2. The number of aromatic amines is 1. The summed E-state index contributed by atoms with van der Waals surface area (Å²) in [5, 5.41) is 1.62. The maximum absolute atomic E-state index is 12.8. The summed E-state index contributed by atoms with van der Waals surface area (Å²) in [5.74, 6) is -0.0525. The van der Waals surface area contributed by atoms with E-state index >= 15 is 0 Å². The van der Waals surface area contributed by atoms with Crippen molar-refractivity contribution in [1.82, 2.24) is 14.8 Å². The van der Waals surface area contributed by atoms with Crippen LogP contribution in [0, 0.1) is 6.92 Å². The molecule has 1 aromatic heterocycles. The van der Waals surface area contributed by atoms with Crippen LogP contribution in [0.2, 0.25) is 5.02 Å². The number of aromatic nitrogens is 1. The number of amides is 2. The predicted molar refractivity (Wildman–Crippen MR) is 92.5 cm³/mol. The van der Waals surface area contributed by atoms with Gasteiger partial charge in [-0.2, -0.15) is 0 Å². The van der Waals surface area contributed by atoms with Crippen LogP contribution in [0.1, 0.15) is 23.0 Å². The van der Waals surface area contributed by atoms with Crippen molar-refractivity contribution in [2.24, 2.45) is 0 Å². The normalized spacial score (nSPS) is 15.0. The molecular formula is C17H20ClN3O3. The van der Waals surface area contributed by atoms with E-state index in [0.29, 0.717) is 43.5 Å². The van der Waals surface area contributed by atoms with Crippen molar-refractivity contribution >= 4 is 34.5 Å². The Labute approximate surface area is 145 Å². The van der Waals surface area contributed by atoms with E-state index in [1.165, 1.54) is 0 Å². The van der Waals surface area contributed by atoms with Crippen LogP contribution in [0.4, 0.5) is 4.79 Å². The zero-order valence-corrected chi connectivity index (χ0v) is 14.5. The number of carbonyl (C=O) groups excluding carboxylic acids is 2. The lowest BCUT2D eigenvalue weighted by Gasteiger charge is -2.33. The average Bonchev–Trinajstić information content (AvgIpc) is 2.90. The lowest BCUT2D eigenvalue weighted by molar-refractivity contribution is 0.0566. The van der Waals surface area contributed by atoms with E-state index in [-0.39, 0.29) is 12.0 Å². The molecule has 1 aliphatic rings. The number of halogens is 1. The fourth-order valence-electron chi connectivity index (χ4n) is 2.99. The summed E-state index contributed by atoms with van der Waals surface area (Å²) in [6, 6.07) is 5.55. The van der Waals surface area contributed by atoms with Crippen LogP contribution in [0.15, 0.2) is 18.2 Å². The van der Waals surface area contributed by atoms with Crippen molar-refractivity contribution in [3.8, 4) is 0 Å². The number of aryl methyl sites for hydroxylation is 1. The molecule has 0 unspecified atom stereocenters. The van der Waals surface area contributed by atoms with Crippen LogP contribution in [-0.4, -0.2) is 59.6 Å². The number of nitrogens with one attached hydrogen (secondary N) is 1. The highest BCUT2D eigenvalue weighted by atomic mass is 35.5. The van der Waals surface area contributed by atoms with Crippen LogP contribution in [0.3, 0.4) is 0 Å². The summed E-state index contributed by atoms with van der Waals surface area (Å²) in [6.07, 6.45) is -0.318. The summed E-state index contributed by atoms with van der Waals surface area (Å²) in [6.45, 7) is 6.01. The Hall–Kier alpha value is -2.21. The Bertz CT molecular complexity index is 779. The first-order valence-electron chi connectivity index (χ1n) is 8.00. The molecule has 2 heterocycles. The fraction of sp³-hybridized carbons (Fsp3) is 0.412. The van der Waals surface area contributed by atoms with Gasteiger partial charge in [-0.15, -0.1) is 0 Å². The van der Waals surface area contributed by atoms with E-state index < -0.39 is 0 Å². The van der Waals surface area contributed by atoms with Gasteiger partial charge in [0.1, 0.15) is 5.69 Å². The molecule has 0 bridgehead atoms. The van der Waals surface area contributed by atoms with Crippen LogP contribution in [0.5, 0.6) is 0 Å². The number of H-pyrrole nitrogens is 1. The Morgan fingerprint density at radius 1 is 1.21 bits per heavy atom. The number of piperazine rings is 1. The highest BCUT2D eigenvalue weighted by Gasteiger charge is 2.27. The van der Waals surface area contributed by atoms with Crippen molar-refractivity contribution in [3.05, 3.63) is 34.5 Å². The zero-order valence-electron chi connectivity index (χ0n) is 13.8. The number of carbonyl (C=O) groups is 2. The third-order valence-corrected chi connectivity index (χ3v) is 4.56. The van der Waals surface area contributed by atoms with Gasteiger partial charge < -0.3 is 19.5 Å². The van der Waals surface area contributed by atoms with Crippen molar-refractivity contribution in [2.75, 3.05) is 32.8 Å². The first-order valence-corrected chi connectivity index (χ1v) is 8.38. The summed E-state index contributed by atoms with van der Waals surface area (Å²) in [5.41, 5.74) is 2.35. The van der Waals surface area contributed by atoms with Gasteiger partial charge in [-0.1, -0.05) is 17.7 Å². The molecule has 24 heavy (non-hydrogen) atoms. The standard InChI is InChI=1S/C17H20ClN3O3/c1-3-24-17(23)21-8-6-20(7-9-21)16(22)15-11(2)13-5-4-12(18)10-14(13)19-15/h4-5,10,19H,3,6-9H2,1-2H3. The van der Waals surface area contributed by atoms with Gasteiger partial charge >= 0.3 is 6.09 Å². The lowest BCUT2D eigenvalue weighted by atomic mass is 10.1. The van der Waals surface area contributed by atoms with E-state index in [2.05, 4.69) is 4.98 Å². The maximum Gasteiger partial charge on any atom is 0.409 e. The molecule has 128 valence electrons. The maximum atomic E-state index is 12.8. The molecule has 2 aromatic rings. The number of rotatable bonds is 2. The van der Waals surface area contributed by atoms with Crippen molar-refractivity contribution < 1.29 is 14.3 Å². The first kappa shape index (κ1) is 16.6. The third kappa shape index (κ3) is 3.06. The van der Waals surface area contributed by atoms with Gasteiger partial charge in [-0.3, -0.25) is 4.79 Å². The Morgan fingerprint density at radius 2 is 1.88 bits per heavy atom. The molecule has 7 heteroatoms. The largest absolute Gasteiger partial charge is 0.450 e. The molecular weight excluding hydrogens is 330 g/mol. The minimum absolute atomic E-state index is 0.0525. The lowest BCUT2D eigenvalue weighted by Crippen LogP contribution is -2.50. The highest BCUT2D eigenvalue weighted by Crippen LogP contribution is 2.25. The van der Waals surface area contributed by atoms with E-state index in [4.69, 9.17) is 16.3 Å². The van der Waals surface area contributed by atoms with E-state index in [0.717, 1.165) is 16.5 Å². The Balaban J connectivity index is 1.74. The van der Waals surface area contributed by atoms with Gasteiger partial charge in [0.15, 0.2) is 0 Å². The molecule has 1 aromatic carbocycles. The summed E-state index contributed by atoms with van der Waals surface area (Å²) in [7, 11) is 0. The molecule has 0 aliphatic carbocycles. The van der Waals surface area contributed by atoms with E-state index in [1.54, 1.807) is 16.7 Å². The number of benzene rings is 1. The molecule has 1 aliphatic heterocycles. The average molecular weight is 350 g/mol. The molecule has 0 radical (unpaired) electrons. The summed E-state index contributed by atoms with van der Waals surface area (Å²) < 4.78 is 5.00. The molecule has 1 N–H and O–H groups in total. The van der Waals surface area contributed by atoms with Crippen LogP contribution in [-0.2, 0) is 4.74 Å². The molecule has 0 spiro atoms. The Kier molecular flexibility index (Phi) is 4.66. The third-order valence-electron chi connectivity index (χ3n) is 4.33. The van der Waals surface area contributed by atoms with Gasteiger partial charge in [0.25, 0.3) is 5.91 Å². The van der Waals surface area contributed by atoms with Gasteiger partial charge in [0, 0.05) is 42.1 Å². The molecule has 6 nitrogen and oxygen atoms in total. The minimum atomic E-state index is -0.318. The predicted octanol–water partition coefficient (Wildman–Crippen LogP) is 3.04. The molecule has 2 amide bonds. The van der Waals surface area contributed by atoms with Gasteiger partial charge in [0.2, 0.25) is 0 Å². The summed E-state index contributed by atoms with van der Waals surface area (Å²) in [4.78, 5) is 31.1.